The van der Waals surface area contributed by atoms with Crippen LogP contribution in [0.4, 0.5) is 5.69 Å². The van der Waals surface area contributed by atoms with Gasteiger partial charge < -0.3 is 5.73 Å². The molecule has 2 fully saturated rings. The third-order valence-corrected chi connectivity index (χ3v) is 4.81. The number of nitrogen functional groups attached to an aromatic ring is 1. The van der Waals surface area contributed by atoms with E-state index in [2.05, 4.69) is 32.0 Å². The van der Waals surface area contributed by atoms with E-state index in [-0.39, 0.29) is 0 Å². The molecule has 0 spiro atoms. The van der Waals surface area contributed by atoms with E-state index in [1.54, 1.807) is 0 Å². The van der Waals surface area contributed by atoms with Crippen LogP contribution in [0.2, 0.25) is 0 Å². The Bertz CT molecular complexity index is 379. The van der Waals surface area contributed by atoms with Gasteiger partial charge in [0.05, 0.1) is 0 Å². The Labute approximate surface area is 104 Å². The highest BCUT2D eigenvalue weighted by molar-refractivity contribution is 5.57. The molecule has 1 nitrogen and oxygen atoms in total. The van der Waals surface area contributed by atoms with E-state index in [1.807, 2.05) is 0 Å². The van der Waals surface area contributed by atoms with Crippen LogP contribution in [0.5, 0.6) is 0 Å². The fraction of sp³-hybridized carbons (Fsp3) is 0.625. The van der Waals surface area contributed by atoms with E-state index < -0.39 is 0 Å². The molecule has 0 bridgehead atoms. The summed E-state index contributed by atoms with van der Waals surface area (Å²) in [5.41, 5.74) is 10.3. The minimum atomic E-state index is 0.654. The monoisotopic (exact) mass is 229 g/mol. The third kappa shape index (κ3) is 2.08. The highest BCUT2D eigenvalue weighted by Crippen LogP contribution is 2.48. The second-order valence-electron chi connectivity index (χ2n) is 6.10. The first-order valence-electron chi connectivity index (χ1n) is 7.06. The molecule has 0 unspecified atom stereocenters. The standard InChI is InChI=1S/C16H23N/c1-10(12-6-7-12)14-4-3-5-15(16(14)17)11(2)13-8-9-13/h3-5,10-13H,6-9,17H2,1-2H3/t10-,11-/m0/s1. The van der Waals surface area contributed by atoms with Crippen molar-refractivity contribution in [2.45, 2.75) is 51.4 Å². The molecule has 1 aromatic rings. The lowest BCUT2D eigenvalue weighted by atomic mass is 9.87. The van der Waals surface area contributed by atoms with E-state index in [0.29, 0.717) is 11.8 Å². The second-order valence-corrected chi connectivity index (χ2v) is 6.10. The van der Waals surface area contributed by atoms with Gasteiger partial charge in [-0.15, -0.1) is 0 Å². The van der Waals surface area contributed by atoms with Crippen LogP contribution < -0.4 is 5.73 Å². The van der Waals surface area contributed by atoms with Crippen LogP contribution in [-0.4, -0.2) is 0 Å². The molecule has 0 radical (unpaired) electrons. The number of rotatable bonds is 4. The summed E-state index contributed by atoms with van der Waals surface area (Å²) < 4.78 is 0. The summed E-state index contributed by atoms with van der Waals surface area (Å²) in [5, 5.41) is 0. The summed E-state index contributed by atoms with van der Waals surface area (Å²) >= 11 is 0. The van der Waals surface area contributed by atoms with Crippen LogP contribution in [0.1, 0.15) is 62.5 Å². The van der Waals surface area contributed by atoms with Gasteiger partial charge in [0.1, 0.15) is 0 Å². The van der Waals surface area contributed by atoms with Crippen LogP contribution in [0, 0.1) is 11.8 Å². The van der Waals surface area contributed by atoms with E-state index in [4.69, 9.17) is 5.73 Å². The molecule has 2 saturated carbocycles. The summed E-state index contributed by atoms with van der Waals surface area (Å²) in [4.78, 5) is 0. The van der Waals surface area contributed by atoms with Crippen molar-refractivity contribution in [2.24, 2.45) is 11.8 Å². The molecule has 2 aliphatic carbocycles. The number of benzene rings is 1. The molecule has 0 amide bonds. The lowest BCUT2D eigenvalue weighted by Crippen LogP contribution is -2.07. The molecular formula is C16H23N. The van der Waals surface area contributed by atoms with E-state index >= 15 is 0 Å². The molecule has 2 aliphatic rings. The normalized spacial score (nSPS) is 23.4. The van der Waals surface area contributed by atoms with Gasteiger partial charge in [-0.1, -0.05) is 32.0 Å². The molecule has 0 saturated heterocycles. The predicted octanol–water partition coefficient (Wildman–Crippen LogP) is 4.30. The lowest BCUT2D eigenvalue weighted by molar-refractivity contribution is 0.648. The average molecular weight is 229 g/mol. The first-order valence-corrected chi connectivity index (χ1v) is 7.06. The molecule has 1 heteroatoms. The number of para-hydroxylation sites is 1. The van der Waals surface area contributed by atoms with Gasteiger partial charge in [0.15, 0.2) is 0 Å². The molecule has 3 rings (SSSR count). The summed E-state index contributed by atoms with van der Waals surface area (Å²) in [6.07, 6.45) is 5.57. The number of anilines is 1. The van der Waals surface area contributed by atoms with E-state index in [1.165, 1.54) is 36.8 Å². The molecule has 0 aromatic heterocycles. The zero-order chi connectivity index (χ0) is 12.0. The molecule has 2 N–H and O–H groups in total. The molecule has 0 heterocycles. The van der Waals surface area contributed by atoms with Crippen LogP contribution >= 0.6 is 0 Å². The highest BCUT2D eigenvalue weighted by Gasteiger charge is 2.33. The fourth-order valence-corrected chi connectivity index (χ4v) is 3.10. The van der Waals surface area contributed by atoms with Gasteiger partial charge in [-0.05, 0) is 60.5 Å². The molecule has 92 valence electrons. The van der Waals surface area contributed by atoms with Crippen molar-refractivity contribution in [3.8, 4) is 0 Å². The van der Waals surface area contributed by atoms with E-state index in [0.717, 1.165) is 17.5 Å². The lowest BCUT2D eigenvalue weighted by Gasteiger charge is -2.20. The van der Waals surface area contributed by atoms with Gasteiger partial charge in [-0.3, -0.25) is 0 Å². The highest BCUT2D eigenvalue weighted by atomic mass is 14.6. The maximum Gasteiger partial charge on any atom is 0.0384 e. The SMILES string of the molecule is C[C@H](c1cccc([C@@H](C)C2CC2)c1N)C1CC1. The number of hydrogen-bond acceptors (Lipinski definition) is 1. The minimum absolute atomic E-state index is 0.654. The van der Waals surface area contributed by atoms with Crippen LogP contribution in [-0.2, 0) is 0 Å². The van der Waals surface area contributed by atoms with Gasteiger partial charge in [-0.25, -0.2) is 0 Å². The Kier molecular flexibility index (Phi) is 2.65. The summed E-state index contributed by atoms with van der Waals surface area (Å²) in [5.74, 6) is 3.09. The van der Waals surface area contributed by atoms with Crippen molar-refractivity contribution >= 4 is 5.69 Å². The van der Waals surface area contributed by atoms with Crippen LogP contribution in [0.15, 0.2) is 18.2 Å². The fourth-order valence-electron chi connectivity index (χ4n) is 3.10. The average Bonchev–Trinajstić information content (AvgIpc) is 3.20. The predicted molar refractivity (Wildman–Crippen MR) is 73.1 cm³/mol. The van der Waals surface area contributed by atoms with Crippen LogP contribution in [0.25, 0.3) is 0 Å². The van der Waals surface area contributed by atoms with Gasteiger partial charge >= 0.3 is 0 Å². The first kappa shape index (κ1) is 11.1. The second kappa shape index (κ2) is 4.04. The van der Waals surface area contributed by atoms with Crippen molar-refractivity contribution in [1.82, 2.24) is 0 Å². The van der Waals surface area contributed by atoms with E-state index in [9.17, 15) is 0 Å². The number of hydrogen-bond donors (Lipinski definition) is 1. The molecule has 2 atom stereocenters. The van der Waals surface area contributed by atoms with Gasteiger partial charge in [0.25, 0.3) is 0 Å². The first-order chi connectivity index (χ1) is 8.18. The number of nitrogens with two attached hydrogens (primary N) is 1. The van der Waals surface area contributed by atoms with Gasteiger partial charge in [-0.2, -0.15) is 0 Å². The van der Waals surface area contributed by atoms with Gasteiger partial charge in [0.2, 0.25) is 0 Å². The Balaban J connectivity index is 1.91. The Hall–Kier alpha value is -0.980. The Morgan fingerprint density at radius 1 is 0.941 bits per heavy atom. The van der Waals surface area contributed by atoms with Crippen molar-refractivity contribution in [1.29, 1.82) is 0 Å². The van der Waals surface area contributed by atoms with Crippen molar-refractivity contribution in [3.05, 3.63) is 29.3 Å². The topological polar surface area (TPSA) is 26.0 Å². The molecule has 17 heavy (non-hydrogen) atoms. The zero-order valence-electron chi connectivity index (χ0n) is 10.9. The minimum Gasteiger partial charge on any atom is -0.398 e. The Morgan fingerprint density at radius 2 is 1.35 bits per heavy atom. The zero-order valence-corrected chi connectivity index (χ0v) is 10.9. The van der Waals surface area contributed by atoms with Crippen LogP contribution in [0.3, 0.4) is 0 Å². The smallest absolute Gasteiger partial charge is 0.0384 e. The largest absolute Gasteiger partial charge is 0.398 e. The van der Waals surface area contributed by atoms with Gasteiger partial charge in [0, 0.05) is 5.69 Å². The van der Waals surface area contributed by atoms with Crippen molar-refractivity contribution in [3.63, 3.8) is 0 Å². The van der Waals surface area contributed by atoms with Crippen molar-refractivity contribution in [2.75, 3.05) is 5.73 Å². The maximum absolute atomic E-state index is 6.42. The maximum atomic E-state index is 6.42. The summed E-state index contributed by atoms with van der Waals surface area (Å²) in [6, 6.07) is 6.68. The quantitative estimate of drug-likeness (QED) is 0.765. The summed E-state index contributed by atoms with van der Waals surface area (Å²) in [6.45, 7) is 4.68. The molecule has 1 aromatic carbocycles. The molecular weight excluding hydrogens is 206 g/mol. The summed E-state index contributed by atoms with van der Waals surface area (Å²) in [7, 11) is 0. The molecule has 0 aliphatic heterocycles. The Morgan fingerprint density at radius 3 is 1.71 bits per heavy atom. The third-order valence-electron chi connectivity index (χ3n) is 4.81. The van der Waals surface area contributed by atoms with Crippen molar-refractivity contribution < 1.29 is 0 Å².